The highest BCUT2D eigenvalue weighted by molar-refractivity contribution is 5.79. The lowest BCUT2D eigenvalue weighted by Crippen LogP contribution is -2.52. The molecule has 1 N–H and O–H groups in total. The fourth-order valence-corrected chi connectivity index (χ4v) is 2.74. The summed E-state index contributed by atoms with van der Waals surface area (Å²) < 4.78 is 10.5. The monoisotopic (exact) mass is 286 g/mol. The fraction of sp³-hybridized carbons (Fsp3) is 0.929. The van der Waals surface area contributed by atoms with Crippen LogP contribution in [0.2, 0.25) is 0 Å². The molecule has 1 amide bonds. The molecule has 0 aromatic rings. The average Bonchev–Trinajstić information content (AvgIpc) is 2.99. The predicted octanol–water partition coefficient (Wildman–Crippen LogP) is -0.435. The minimum Gasteiger partial charge on any atom is -0.389 e. The summed E-state index contributed by atoms with van der Waals surface area (Å²) >= 11 is 0. The molecule has 20 heavy (non-hydrogen) atoms. The zero-order valence-corrected chi connectivity index (χ0v) is 12.3. The molecular formula is C14H26N2O4. The molecule has 0 saturated carbocycles. The first-order valence-electron chi connectivity index (χ1n) is 7.55. The number of β-amino-alcohol motifs (C(OH)–C–C–N with tert-alkyl or cyclic N) is 1. The highest BCUT2D eigenvalue weighted by Crippen LogP contribution is 2.16. The van der Waals surface area contributed by atoms with Gasteiger partial charge in [0.05, 0.1) is 25.2 Å². The maximum Gasteiger partial charge on any atom is 0.228 e. The highest BCUT2D eigenvalue weighted by atomic mass is 16.5. The van der Waals surface area contributed by atoms with Crippen molar-refractivity contribution in [3.8, 4) is 0 Å². The number of carbonyl (C=O) groups excluding carboxylic acids is 1. The van der Waals surface area contributed by atoms with Crippen molar-refractivity contribution >= 4 is 5.91 Å². The van der Waals surface area contributed by atoms with E-state index in [1.807, 2.05) is 11.8 Å². The standard InChI is InChI=1S/C14H26N2O4/c1-2-19-11-13(17)9-15-4-6-16(7-5-15)14(18)12-3-8-20-10-12/h12-13,17H,2-11H2,1H3/t12-,13-/m0/s1. The molecule has 0 aromatic heterocycles. The van der Waals surface area contributed by atoms with Crippen LogP contribution < -0.4 is 0 Å². The molecule has 0 aromatic carbocycles. The van der Waals surface area contributed by atoms with E-state index in [0.717, 1.165) is 32.6 Å². The molecule has 116 valence electrons. The van der Waals surface area contributed by atoms with Gasteiger partial charge in [0.1, 0.15) is 0 Å². The Morgan fingerprint density at radius 1 is 1.40 bits per heavy atom. The largest absolute Gasteiger partial charge is 0.389 e. The molecule has 2 saturated heterocycles. The first-order chi connectivity index (χ1) is 9.70. The van der Waals surface area contributed by atoms with Crippen molar-refractivity contribution in [2.24, 2.45) is 5.92 Å². The summed E-state index contributed by atoms with van der Waals surface area (Å²) in [6, 6.07) is 0. The van der Waals surface area contributed by atoms with E-state index in [2.05, 4.69) is 4.90 Å². The van der Waals surface area contributed by atoms with Crippen molar-refractivity contribution in [1.29, 1.82) is 0 Å². The molecule has 2 aliphatic heterocycles. The van der Waals surface area contributed by atoms with Gasteiger partial charge < -0.3 is 19.5 Å². The molecular weight excluding hydrogens is 260 g/mol. The van der Waals surface area contributed by atoms with E-state index >= 15 is 0 Å². The van der Waals surface area contributed by atoms with Crippen LogP contribution in [-0.2, 0) is 14.3 Å². The number of piperazine rings is 1. The lowest BCUT2D eigenvalue weighted by molar-refractivity contribution is -0.137. The van der Waals surface area contributed by atoms with Crippen molar-refractivity contribution in [3.63, 3.8) is 0 Å². The second-order valence-electron chi connectivity index (χ2n) is 5.50. The number of ether oxygens (including phenoxy) is 2. The number of amides is 1. The number of hydrogen-bond acceptors (Lipinski definition) is 5. The third-order valence-electron chi connectivity index (χ3n) is 3.95. The Hall–Kier alpha value is -0.690. The zero-order chi connectivity index (χ0) is 14.4. The molecule has 6 heteroatoms. The van der Waals surface area contributed by atoms with E-state index in [-0.39, 0.29) is 11.8 Å². The molecule has 2 rings (SSSR count). The SMILES string of the molecule is CCOC[C@@H](O)CN1CCN(C(=O)[C@H]2CCOC2)CC1. The highest BCUT2D eigenvalue weighted by Gasteiger charge is 2.30. The second kappa shape index (κ2) is 7.93. The molecule has 0 bridgehead atoms. The van der Waals surface area contributed by atoms with Gasteiger partial charge >= 0.3 is 0 Å². The van der Waals surface area contributed by atoms with Gasteiger partial charge in [0, 0.05) is 45.9 Å². The van der Waals surface area contributed by atoms with Crippen LogP contribution in [0.5, 0.6) is 0 Å². The van der Waals surface area contributed by atoms with Crippen LogP contribution in [0.4, 0.5) is 0 Å². The summed E-state index contributed by atoms with van der Waals surface area (Å²) in [4.78, 5) is 16.4. The average molecular weight is 286 g/mol. The third-order valence-corrected chi connectivity index (χ3v) is 3.95. The Morgan fingerprint density at radius 3 is 2.75 bits per heavy atom. The first-order valence-corrected chi connectivity index (χ1v) is 7.55. The molecule has 0 unspecified atom stereocenters. The van der Waals surface area contributed by atoms with Gasteiger partial charge in [0.15, 0.2) is 0 Å². The van der Waals surface area contributed by atoms with E-state index in [9.17, 15) is 9.90 Å². The number of aliphatic hydroxyl groups is 1. The van der Waals surface area contributed by atoms with Crippen molar-refractivity contribution in [2.45, 2.75) is 19.4 Å². The van der Waals surface area contributed by atoms with Crippen LogP contribution in [0.15, 0.2) is 0 Å². The molecule has 2 heterocycles. The van der Waals surface area contributed by atoms with Gasteiger partial charge in [-0.2, -0.15) is 0 Å². The molecule has 2 atom stereocenters. The molecule has 0 aliphatic carbocycles. The van der Waals surface area contributed by atoms with Crippen LogP contribution in [0, 0.1) is 5.92 Å². The topological polar surface area (TPSA) is 62.2 Å². The fourth-order valence-electron chi connectivity index (χ4n) is 2.74. The minimum atomic E-state index is -0.444. The number of aliphatic hydroxyl groups excluding tert-OH is 1. The van der Waals surface area contributed by atoms with Gasteiger partial charge in [-0.1, -0.05) is 0 Å². The van der Waals surface area contributed by atoms with E-state index in [4.69, 9.17) is 9.47 Å². The molecule has 2 aliphatic rings. The maximum atomic E-state index is 12.2. The molecule has 6 nitrogen and oxygen atoms in total. The lowest BCUT2D eigenvalue weighted by atomic mass is 10.1. The summed E-state index contributed by atoms with van der Waals surface area (Å²) in [6.45, 7) is 7.97. The smallest absolute Gasteiger partial charge is 0.228 e. The molecule has 0 spiro atoms. The summed E-state index contributed by atoms with van der Waals surface area (Å²) in [7, 11) is 0. The van der Waals surface area contributed by atoms with Crippen LogP contribution in [0.3, 0.4) is 0 Å². The van der Waals surface area contributed by atoms with Gasteiger partial charge in [-0.05, 0) is 13.3 Å². The van der Waals surface area contributed by atoms with Gasteiger partial charge in [-0.25, -0.2) is 0 Å². The van der Waals surface area contributed by atoms with Crippen molar-refractivity contribution in [3.05, 3.63) is 0 Å². The Morgan fingerprint density at radius 2 is 2.15 bits per heavy atom. The predicted molar refractivity (Wildman–Crippen MR) is 74.4 cm³/mol. The quantitative estimate of drug-likeness (QED) is 0.717. The summed E-state index contributed by atoms with van der Waals surface area (Å²) in [5, 5.41) is 9.82. The normalized spacial score (nSPS) is 25.9. The number of carbonyl (C=O) groups is 1. The van der Waals surface area contributed by atoms with E-state index < -0.39 is 6.10 Å². The summed E-state index contributed by atoms with van der Waals surface area (Å²) in [5.41, 5.74) is 0. The Balaban J connectivity index is 1.68. The zero-order valence-electron chi connectivity index (χ0n) is 12.3. The minimum absolute atomic E-state index is 0.0603. The molecule has 0 radical (unpaired) electrons. The van der Waals surface area contributed by atoms with Crippen LogP contribution >= 0.6 is 0 Å². The van der Waals surface area contributed by atoms with Crippen LogP contribution in [0.1, 0.15) is 13.3 Å². The summed E-state index contributed by atoms with van der Waals surface area (Å²) in [6.07, 6.45) is 0.409. The lowest BCUT2D eigenvalue weighted by Gasteiger charge is -2.36. The van der Waals surface area contributed by atoms with Crippen molar-refractivity contribution in [1.82, 2.24) is 9.80 Å². The third kappa shape index (κ3) is 4.41. The Kier molecular flexibility index (Phi) is 6.22. The van der Waals surface area contributed by atoms with Crippen molar-refractivity contribution in [2.75, 3.05) is 59.2 Å². The summed E-state index contributed by atoms with van der Waals surface area (Å²) in [5.74, 6) is 0.294. The molecule has 2 fully saturated rings. The van der Waals surface area contributed by atoms with Crippen molar-refractivity contribution < 1.29 is 19.4 Å². The van der Waals surface area contributed by atoms with Gasteiger partial charge in [-0.15, -0.1) is 0 Å². The van der Waals surface area contributed by atoms with Gasteiger partial charge in [0.25, 0.3) is 0 Å². The number of rotatable bonds is 6. The van der Waals surface area contributed by atoms with E-state index in [1.165, 1.54) is 0 Å². The van der Waals surface area contributed by atoms with E-state index in [0.29, 0.717) is 33.0 Å². The Labute approximate surface area is 120 Å². The van der Waals surface area contributed by atoms with Gasteiger partial charge in [0.2, 0.25) is 5.91 Å². The number of hydrogen-bond donors (Lipinski definition) is 1. The van der Waals surface area contributed by atoms with E-state index in [1.54, 1.807) is 0 Å². The maximum absolute atomic E-state index is 12.2. The van der Waals surface area contributed by atoms with Crippen LogP contribution in [0.25, 0.3) is 0 Å². The Bertz CT molecular complexity index is 300. The number of nitrogens with zero attached hydrogens (tertiary/aromatic N) is 2. The second-order valence-corrected chi connectivity index (χ2v) is 5.50. The first kappa shape index (κ1) is 15.7. The van der Waals surface area contributed by atoms with Crippen LogP contribution in [-0.4, -0.2) is 86.1 Å². The van der Waals surface area contributed by atoms with Gasteiger partial charge in [-0.3, -0.25) is 9.69 Å².